The van der Waals surface area contributed by atoms with Crippen molar-refractivity contribution in [2.75, 3.05) is 0 Å². The van der Waals surface area contributed by atoms with Gasteiger partial charge in [-0.1, -0.05) is 48.5 Å². The summed E-state index contributed by atoms with van der Waals surface area (Å²) in [7, 11) is 0. The van der Waals surface area contributed by atoms with Crippen LogP contribution in [-0.2, 0) is 0 Å². The van der Waals surface area contributed by atoms with Gasteiger partial charge in [-0.3, -0.25) is 0 Å². The Balaban J connectivity index is 1.55. The molecule has 3 aromatic rings. The molecular weight excluding hydrogens is 314 g/mol. The zero-order valence-corrected chi connectivity index (χ0v) is 13.9. The average molecular weight is 333 g/mol. The predicted molar refractivity (Wildman–Crippen MR) is 97.0 cm³/mol. The second kappa shape index (κ2) is 8.02. The van der Waals surface area contributed by atoms with Crippen LogP contribution in [0.15, 0.2) is 84.9 Å². The van der Waals surface area contributed by atoms with Crippen molar-refractivity contribution in [1.82, 2.24) is 5.32 Å². The van der Waals surface area contributed by atoms with Gasteiger partial charge in [0.25, 0.3) is 0 Å². The van der Waals surface area contributed by atoms with Gasteiger partial charge in [-0.25, -0.2) is 4.79 Å². The molecule has 3 rings (SSSR count). The maximum Gasteiger partial charge on any atom is 0.413 e. The van der Waals surface area contributed by atoms with E-state index in [1.807, 2.05) is 67.6 Å². The molecule has 1 N–H and O–H groups in total. The molecule has 4 heteroatoms. The second-order valence-corrected chi connectivity index (χ2v) is 5.55. The van der Waals surface area contributed by atoms with Gasteiger partial charge >= 0.3 is 6.09 Å². The first-order chi connectivity index (χ1) is 12.2. The molecule has 0 heterocycles. The minimum absolute atomic E-state index is 0.130. The van der Waals surface area contributed by atoms with Crippen molar-refractivity contribution in [2.24, 2.45) is 0 Å². The lowest BCUT2D eigenvalue weighted by Gasteiger charge is -2.14. The van der Waals surface area contributed by atoms with Crippen LogP contribution in [0, 0.1) is 0 Å². The zero-order chi connectivity index (χ0) is 17.5. The van der Waals surface area contributed by atoms with E-state index in [2.05, 4.69) is 5.32 Å². The summed E-state index contributed by atoms with van der Waals surface area (Å²) in [5, 5.41) is 2.81. The number of ether oxygens (including phenoxy) is 2. The molecule has 4 nitrogen and oxygen atoms in total. The smallest absolute Gasteiger partial charge is 0.413 e. The quantitative estimate of drug-likeness (QED) is 0.686. The van der Waals surface area contributed by atoms with E-state index in [1.54, 1.807) is 24.3 Å². The summed E-state index contributed by atoms with van der Waals surface area (Å²) < 4.78 is 11.0. The first kappa shape index (κ1) is 16.6. The zero-order valence-electron chi connectivity index (χ0n) is 13.9. The van der Waals surface area contributed by atoms with Crippen molar-refractivity contribution in [3.8, 4) is 17.2 Å². The summed E-state index contributed by atoms with van der Waals surface area (Å²) in [6, 6.07) is 26.0. The SMILES string of the molecule is CC(NC(=O)Oc1ccc(Oc2ccccc2)cc1)c1ccccc1. The summed E-state index contributed by atoms with van der Waals surface area (Å²) in [6.45, 7) is 1.91. The molecule has 0 aliphatic rings. The Morgan fingerprint density at radius 3 is 1.92 bits per heavy atom. The van der Waals surface area contributed by atoms with E-state index in [9.17, 15) is 4.79 Å². The molecule has 126 valence electrons. The lowest BCUT2D eigenvalue weighted by Crippen LogP contribution is -2.29. The molecule has 25 heavy (non-hydrogen) atoms. The Kier molecular flexibility index (Phi) is 5.32. The van der Waals surface area contributed by atoms with Gasteiger partial charge in [-0.2, -0.15) is 0 Å². The Bertz CT molecular complexity index is 802. The molecule has 0 aliphatic heterocycles. The van der Waals surface area contributed by atoms with Gasteiger partial charge in [0, 0.05) is 0 Å². The van der Waals surface area contributed by atoms with E-state index in [1.165, 1.54) is 0 Å². The van der Waals surface area contributed by atoms with Gasteiger partial charge < -0.3 is 14.8 Å². The number of rotatable bonds is 5. The number of hydrogen-bond donors (Lipinski definition) is 1. The third-order valence-electron chi connectivity index (χ3n) is 3.65. The van der Waals surface area contributed by atoms with Crippen molar-refractivity contribution < 1.29 is 14.3 Å². The van der Waals surface area contributed by atoms with Crippen LogP contribution in [0.4, 0.5) is 4.79 Å². The molecule has 0 fully saturated rings. The van der Waals surface area contributed by atoms with E-state index in [0.717, 1.165) is 11.3 Å². The van der Waals surface area contributed by atoms with Crippen LogP contribution in [0.3, 0.4) is 0 Å². The standard InChI is InChI=1S/C21H19NO3/c1-16(17-8-4-2-5-9-17)22-21(23)25-20-14-12-19(13-15-20)24-18-10-6-3-7-11-18/h2-16H,1H3,(H,22,23). The lowest BCUT2D eigenvalue weighted by atomic mass is 10.1. The van der Waals surface area contributed by atoms with Crippen LogP contribution < -0.4 is 14.8 Å². The highest BCUT2D eigenvalue weighted by Gasteiger charge is 2.11. The summed E-state index contributed by atoms with van der Waals surface area (Å²) in [4.78, 5) is 12.0. The fraction of sp³-hybridized carbons (Fsp3) is 0.0952. The molecule has 0 bridgehead atoms. The monoisotopic (exact) mass is 333 g/mol. The van der Waals surface area contributed by atoms with Gasteiger partial charge in [-0.15, -0.1) is 0 Å². The minimum atomic E-state index is -0.493. The van der Waals surface area contributed by atoms with Crippen LogP contribution in [-0.4, -0.2) is 6.09 Å². The molecule has 0 spiro atoms. The average Bonchev–Trinajstić information content (AvgIpc) is 2.65. The molecule has 1 unspecified atom stereocenters. The van der Waals surface area contributed by atoms with Crippen molar-refractivity contribution in [1.29, 1.82) is 0 Å². The van der Waals surface area contributed by atoms with Crippen LogP contribution >= 0.6 is 0 Å². The van der Waals surface area contributed by atoms with Crippen LogP contribution in [0.25, 0.3) is 0 Å². The first-order valence-electron chi connectivity index (χ1n) is 8.07. The third kappa shape index (κ3) is 4.85. The van der Waals surface area contributed by atoms with Gasteiger partial charge in [0.05, 0.1) is 6.04 Å². The Morgan fingerprint density at radius 1 is 0.760 bits per heavy atom. The number of carbonyl (C=O) groups is 1. The number of benzene rings is 3. The Morgan fingerprint density at radius 2 is 1.28 bits per heavy atom. The summed E-state index contributed by atoms with van der Waals surface area (Å²) in [5.74, 6) is 1.89. The van der Waals surface area contributed by atoms with E-state index >= 15 is 0 Å². The summed E-state index contributed by atoms with van der Waals surface area (Å²) in [5.41, 5.74) is 1.02. The van der Waals surface area contributed by atoms with E-state index < -0.39 is 6.09 Å². The van der Waals surface area contributed by atoms with E-state index in [-0.39, 0.29) is 6.04 Å². The molecule has 0 saturated heterocycles. The van der Waals surface area contributed by atoms with Crippen LogP contribution in [0.5, 0.6) is 17.2 Å². The molecule has 1 amide bonds. The fourth-order valence-electron chi connectivity index (χ4n) is 2.34. The Hall–Kier alpha value is -3.27. The summed E-state index contributed by atoms with van der Waals surface area (Å²) in [6.07, 6.45) is -0.493. The predicted octanol–water partition coefficient (Wildman–Crippen LogP) is 5.33. The number of nitrogens with one attached hydrogen (secondary N) is 1. The highest BCUT2D eigenvalue weighted by molar-refractivity contribution is 5.71. The lowest BCUT2D eigenvalue weighted by molar-refractivity contribution is 0.197. The number of hydrogen-bond acceptors (Lipinski definition) is 3. The molecule has 0 aliphatic carbocycles. The maximum absolute atomic E-state index is 12.0. The van der Waals surface area contributed by atoms with Gasteiger partial charge in [0.15, 0.2) is 0 Å². The second-order valence-electron chi connectivity index (χ2n) is 5.55. The number of carbonyl (C=O) groups excluding carboxylic acids is 1. The van der Waals surface area contributed by atoms with Crippen molar-refractivity contribution in [3.05, 3.63) is 90.5 Å². The maximum atomic E-state index is 12.0. The van der Waals surface area contributed by atoms with Crippen LogP contribution in [0.1, 0.15) is 18.5 Å². The topological polar surface area (TPSA) is 47.6 Å². The molecule has 0 radical (unpaired) electrons. The normalized spacial score (nSPS) is 11.4. The number of amides is 1. The first-order valence-corrected chi connectivity index (χ1v) is 8.07. The van der Waals surface area contributed by atoms with Gasteiger partial charge in [0.2, 0.25) is 0 Å². The van der Waals surface area contributed by atoms with Crippen LogP contribution in [0.2, 0.25) is 0 Å². The van der Waals surface area contributed by atoms with E-state index in [0.29, 0.717) is 11.5 Å². The molecule has 3 aromatic carbocycles. The van der Waals surface area contributed by atoms with E-state index in [4.69, 9.17) is 9.47 Å². The van der Waals surface area contributed by atoms with Crippen molar-refractivity contribution in [2.45, 2.75) is 13.0 Å². The highest BCUT2D eigenvalue weighted by Crippen LogP contribution is 2.23. The number of para-hydroxylation sites is 1. The minimum Gasteiger partial charge on any atom is -0.457 e. The summed E-state index contributed by atoms with van der Waals surface area (Å²) >= 11 is 0. The van der Waals surface area contributed by atoms with Gasteiger partial charge in [0.1, 0.15) is 17.2 Å². The molecule has 0 saturated carbocycles. The van der Waals surface area contributed by atoms with Crippen molar-refractivity contribution >= 4 is 6.09 Å². The highest BCUT2D eigenvalue weighted by atomic mass is 16.6. The Labute approximate surface area is 147 Å². The largest absolute Gasteiger partial charge is 0.457 e. The van der Waals surface area contributed by atoms with Gasteiger partial charge in [-0.05, 0) is 48.9 Å². The van der Waals surface area contributed by atoms with Crippen molar-refractivity contribution in [3.63, 3.8) is 0 Å². The molecular formula is C21H19NO3. The molecule has 0 aromatic heterocycles. The molecule has 1 atom stereocenters. The fourth-order valence-corrected chi connectivity index (χ4v) is 2.34. The third-order valence-corrected chi connectivity index (χ3v) is 3.65.